The van der Waals surface area contributed by atoms with Crippen molar-refractivity contribution in [3.05, 3.63) is 24.3 Å². The minimum Gasteiger partial charge on any atom is -0.492 e. The number of para-hydroxylation sites is 2. The van der Waals surface area contributed by atoms with Crippen LogP contribution in [0.25, 0.3) is 0 Å². The Kier molecular flexibility index (Phi) is 6.64. The molecular formula is C19H28N2O3. The molecule has 1 aliphatic heterocycles. The van der Waals surface area contributed by atoms with E-state index in [1.54, 1.807) is 4.90 Å². The first-order valence-corrected chi connectivity index (χ1v) is 8.93. The number of hydrogen-bond donors (Lipinski definition) is 0. The van der Waals surface area contributed by atoms with E-state index in [0.717, 1.165) is 31.6 Å². The summed E-state index contributed by atoms with van der Waals surface area (Å²) < 4.78 is 5.63. The molecule has 1 aromatic carbocycles. The third kappa shape index (κ3) is 4.08. The van der Waals surface area contributed by atoms with Crippen molar-refractivity contribution < 1.29 is 14.3 Å². The molecule has 132 valence electrons. The Hall–Kier alpha value is -2.04. The molecule has 0 bridgehead atoms. The van der Waals surface area contributed by atoms with Crippen LogP contribution in [0.5, 0.6) is 5.75 Å². The Labute approximate surface area is 144 Å². The van der Waals surface area contributed by atoms with Gasteiger partial charge in [-0.25, -0.2) is 0 Å². The van der Waals surface area contributed by atoms with E-state index in [1.165, 1.54) is 0 Å². The molecule has 1 unspecified atom stereocenters. The number of nitrogens with zero attached hydrogens (tertiary/aromatic N) is 2. The van der Waals surface area contributed by atoms with E-state index in [9.17, 15) is 9.59 Å². The van der Waals surface area contributed by atoms with Gasteiger partial charge in [-0.15, -0.1) is 0 Å². The van der Waals surface area contributed by atoms with Crippen LogP contribution in [0.4, 0.5) is 5.69 Å². The van der Waals surface area contributed by atoms with Crippen LogP contribution in [-0.4, -0.2) is 43.0 Å². The van der Waals surface area contributed by atoms with Crippen LogP contribution >= 0.6 is 0 Å². The summed E-state index contributed by atoms with van der Waals surface area (Å²) in [7, 11) is 0. The molecule has 24 heavy (non-hydrogen) atoms. The van der Waals surface area contributed by atoms with Crippen molar-refractivity contribution in [1.29, 1.82) is 0 Å². The molecule has 5 heteroatoms. The molecule has 2 amide bonds. The first-order chi connectivity index (χ1) is 11.6. The second-order valence-electron chi connectivity index (χ2n) is 6.13. The third-order valence-electron chi connectivity index (χ3n) is 4.23. The molecule has 1 aliphatic rings. The van der Waals surface area contributed by atoms with E-state index >= 15 is 0 Å². The highest BCUT2D eigenvalue weighted by molar-refractivity contribution is 6.01. The second-order valence-corrected chi connectivity index (χ2v) is 6.13. The molecule has 0 radical (unpaired) electrons. The summed E-state index contributed by atoms with van der Waals surface area (Å²) in [4.78, 5) is 28.9. The van der Waals surface area contributed by atoms with E-state index in [4.69, 9.17) is 4.74 Å². The van der Waals surface area contributed by atoms with Crippen molar-refractivity contribution in [3.63, 3.8) is 0 Å². The van der Waals surface area contributed by atoms with Crippen LogP contribution in [0.15, 0.2) is 24.3 Å². The Morgan fingerprint density at radius 2 is 1.88 bits per heavy atom. The number of carbonyl (C=O) groups is 2. The van der Waals surface area contributed by atoms with E-state index in [-0.39, 0.29) is 24.2 Å². The lowest BCUT2D eigenvalue weighted by Crippen LogP contribution is -2.38. The number of benzene rings is 1. The van der Waals surface area contributed by atoms with Gasteiger partial charge in [-0.3, -0.25) is 9.59 Å². The van der Waals surface area contributed by atoms with E-state index in [0.29, 0.717) is 18.9 Å². The summed E-state index contributed by atoms with van der Waals surface area (Å²) in [5.41, 5.74) is 0.761. The van der Waals surface area contributed by atoms with Crippen LogP contribution < -0.4 is 9.64 Å². The smallest absolute Gasteiger partial charge is 0.228 e. The summed E-state index contributed by atoms with van der Waals surface area (Å²) in [6, 6.07) is 7.52. The molecule has 1 aromatic rings. The van der Waals surface area contributed by atoms with Gasteiger partial charge < -0.3 is 14.5 Å². The highest BCUT2D eigenvalue weighted by atomic mass is 16.5. The Morgan fingerprint density at radius 1 is 1.21 bits per heavy atom. The summed E-state index contributed by atoms with van der Waals surface area (Å²) >= 11 is 0. The highest BCUT2D eigenvalue weighted by Crippen LogP contribution is 2.33. The van der Waals surface area contributed by atoms with Gasteiger partial charge in [0.2, 0.25) is 11.8 Å². The third-order valence-corrected chi connectivity index (χ3v) is 4.23. The van der Waals surface area contributed by atoms with Crippen molar-refractivity contribution in [2.24, 2.45) is 5.92 Å². The summed E-state index contributed by atoms with van der Waals surface area (Å²) in [6.07, 6.45) is 2.15. The van der Waals surface area contributed by atoms with Gasteiger partial charge in [0, 0.05) is 26.1 Å². The zero-order valence-electron chi connectivity index (χ0n) is 15.0. The van der Waals surface area contributed by atoms with Crippen LogP contribution in [-0.2, 0) is 9.59 Å². The number of amides is 2. The lowest BCUT2D eigenvalue weighted by Gasteiger charge is -2.25. The van der Waals surface area contributed by atoms with Gasteiger partial charge in [-0.05, 0) is 31.9 Å². The normalized spacial score (nSPS) is 17.2. The van der Waals surface area contributed by atoms with Gasteiger partial charge in [0.25, 0.3) is 0 Å². The number of carbonyl (C=O) groups excluding carboxylic acids is 2. The molecule has 1 saturated heterocycles. The first kappa shape index (κ1) is 18.3. The Morgan fingerprint density at radius 3 is 2.50 bits per heavy atom. The highest BCUT2D eigenvalue weighted by Gasteiger charge is 2.37. The van der Waals surface area contributed by atoms with Crippen molar-refractivity contribution in [3.8, 4) is 5.75 Å². The second kappa shape index (κ2) is 8.71. The predicted octanol–water partition coefficient (Wildman–Crippen LogP) is 3.09. The van der Waals surface area contributed by atoms with Gasteiger partial charge in [0.05, 0.1) is 18.2 Å². The molecule has 0 saturated carbocycles. The number of anilines is 1. The molecule has 0 spiro atoms. The van der Waals surface area contributed by atoms with Gasteiger partial charge in [0.15, 0.2) is 0 Å². The zero-order chi connectivity index (χ0) is 17.5. The number of rotatable bonds is 8. The maximum atomic E-state index is 12.8. The first-order valence-electron chi connectivity index (χ1n) is 8.93. The van der Waals surface area contributed by atoms with Gasteiger partial charge >= 0.3 is 0 Å². The Balaban J connectivity index is 2.14. The largest absolute Gasteiger partial charge is 0.492 e. The predicted molar refractivity (Wildman–Crippen MR) is 95.2 cm³/mol. The lowest BCUT2D eigenvalue weighted by atomic mass is 10.1. The fourth-order valence-corrected chi connectivity index (χ4v) is 3.19. The minimum absolute atomic E-state index is 0.00606. The molecule has 2 rings (SSSR count). The van der Waals surface area contributed by atoms with E-state index in [1.807, 2.05) is 36.1 Å². The monoisotopic (exact) mass is 332 g/mol. The SMILES string of the molecule is CCCN(CCC)C(=O)C1CC(=O)N(c2ccccc2OCC)C1. The van der Waals surface area contributed by atoms with E-state index in [2.05, 4.69) is 13.8 Å². The van der Waals surface area contributed by atoms with Crippen molar-refractivity contribution in [2.45, 2.75) is 40.0 Å². The topological polar surface area (TPSA) is 49.9 Å². The number of ether oxygens (including phenoxy) is 1. The average molecular weight is 332 g/mol. The van der Waals surface area contributed by atoms with Gasteiger partial charge in [0.1, 0.15) is 5.75 Å². The quantitative estimate of drug-likeness (QED) is 0.735. The van der Waals surface area contributed by atoms with Crippen molar-refractivity contribution in [2.75, 3.05) is 31.1 Å². The molecular weight excluding hydrogens is 304 g/mol. The molecule has 0 aliphatic carbocycles. The maximum Gasteiger partial charge on any atom is 0.228 e. The molecule has 0 aromatic heterocycles. The van der Waals surface area contributed by atoms with Crippen LogP contribution in [0, 0.1) is 5.92 Å². The van der Waals surface area contributed by atoms with Crippen LogP contribution in [0.3, 0.4) is 0 Å². The Bertz CT molecular complexity index is 567. The fraction of sp³-hybridized carbons (Fsp3) is 0.579. The molecule has 1 fully saturated rings. The van der Waals surface area contributed by atoms with Crippen LogP contribution in [0.2, 0.25) is 0 Å². The van der Waals surface area contributed by atoms with Crippen molar-refractivity contribution >= 4 is 17.5 Å². The fourth-order valence-electron chi connectivity index (χ4n) is 3.19. The van der Waals surface area contributed by atoms with Gasteiger partial charge in [-0.1, -0.05) is 26.0 Å². The standard InChI is InChI=1S/C19H28N2O3/c1-4-11-20(12-5-2)19(23)15-13-18(22)21(14-15)16-9-7-8-10-17(16)24-6-3/h7-10,15H,4-6,11-14H2,1-3H3. The zero-order valence-corrected chi connectivity index (χ0v) is 15.0. The molecule has 0 N–H and O–H groups in total. The van der Waals surface area contributed by atoms with Crippen LogP contribution in [0.1, 0.15) is 40.0 Å². The lowest BCUT2D eigenvalue weighted by molar-refractivity contribution is -0.135. The minimum atomic E-state index is -0.259. The molecule has 1 heterocycles. The van der Waals surface area contributed by atoms with Crippen molar-refractivity contribution in [1.82, 2.24) is 4.90 Å². The average Bonchev–Trinajstić information content (AvgIpc) is 2.96. The number of hydrogen-bond acceptors (Lipinski definition) is 3. The van der Waals surface area contributed by atoms with Gasteiger partial charge in [-0.2, -0.15) is 0 Å². The summed E-state index contributed by atoms with van der Waals surface area (Å²) in [6.45, 7) is 8.55. The molecule has 5 nitrogen and oxygen atoms in total. The van der Waals surface area contributed by atoms with E-state index < -0.39 is 0 Å². The molecule has 1 atom stereocenters. The maximum absolute atomic E-state index is 12.8. The summed E-state index contributed by atoms with van der Waals surface area (Å²) in [5.74, 6) is 0.530. The summed E-state index contributed by atoms with van der Waals surface area (Å²) in [5, 5.41) is 0.